The van der Waals surface area contributed by atoms with Gasteiger partial charge in [-0.2, -0.15) is 0 Å². The highest BCUT2D eigenvalue weighted by atomic mass is 16.5. The van der Waals surface area contributed by atoms with E-state index in [2.05, 4.69) is 10.1 Å². The van der Waals surface area contributed by atoms with Crippen molar-refractivity contribution in [1.82, 2.24) is 5.32 Å². The van der Waals surface area contributed by atoms with E-state index in [1.54, 1.807) is 0 Å². The summed E-state index contributed by atoms with van der Waals surface area (Å²) < 4.78 is 4.38. The summed E-state index contributed by atoms with van der Waals surface area (Å²) in [6, 6.07) is 0. The fourth-order valence-electron chi connectivity index (χ4n) is 1.38. The fraction of sp³-hybridized carbons (Fsp3) is 0.750. The Labute approximate surface area is 71.3 Å². The summed E-state index contributed by atoms with van der Waals surface area (Å²) in [4.78, 5) is 21.7. The number of ketones is 1. The van der Waals surface area contributed by atoms with Gasteiger partial charge in [0.1, 0.15) is 5.78 Å². The molecule has 1 aliphatic carbocycles. The Bertz CT molecular complexity index is 191. The Balaban J connectivity index is 2.22. The second-order valence-electron chi connectivity index (χ2n) is 2.93. The molecule has 0 heterocycles. The first kappa shape index (κ1) is 9.03. The average molecular weight is 171 g/mol. The van der Waals surface area contributed by atoms with Crippen LogP contribution in [0, 0.1) is 5.92 Å². The van der Waals surface area contributed by atoms with Crippen molar-refractivity contribution in [2.75, 3.05) is 13.7 Å². The summed E-state index contributed by atoms with van der Waals surface area (Å²) in [5, 5.41) is 2.52. The first-order chi connectivity index (χ1) is 5.74. The molecule has 1 rings (SSSR count). The summed E-state index contributed by atoms with van der Waals surface area (Å²) in [6.07, 6.45) is 2.04. The highest BCUT2D eigenvalue weighted by Crippen LogP contribution is 2.20. The maximum absolute atomic E-state index is 11.1. The van der Waals surface area contributed by atoms with Crippen molar-refractivity contribution in [3.8, 4) is 0 Å². The zero-order valence-corrected chi connectivity index (χ0v) is 7.13. The average Bonchev–Trinajstić information content (AvgIpc) is 2.47. The molecule has 1 atom stereocenters. The molecule has 0 aromatic rings. The van der Waals surface area contributed by atoms with Gasteiger partial charge in [0.25, 0.3) is 0 Å². The van der Waals surface area contributed by atoms with Crippen LogP contribution in [0.4, 0.5) is 4.79 Å². The molecule has 1 aliphatic rings. The number of carbonyl (C=O) groups is 2. The molecule has 68 valence electrons. The molecule has 0 aliphatic heterocycles. The third-order valence-electron chi connectivity index (χ3n) is 2.11. The summed E-state index contributed by atoms with van der Waals surface area (Å²) >= 11 is 0. The number of amides is 1. The molecular formula is C8H13NO3. The highest BCUT2D eigenvalue weighted by molar-refractivity contribution is 5.83. The smallest absolute Gasteiger partial charge is 0.406 e. The standard InChI is InChI=1S/C8H13NO3/c1-12-8(11)9-5-6-3-2-4-7(6)10/h6H,2-5H2,1H3,(H,9,11). The lowest BCUT2D eigenvalue weighted by atomic mass is 10.1. The van der Waals surface area contributed by atoms with E-state index in [0.29, 0.717) is 13.0 Å². The van der Waals surface area contributed by atoms with Crippen molar-refractivity contribution >= 4 is 11.9 Å². The number of ether oxygens (including phenoxy) is 1. The largest absolute Gasteiger partial charge is 0.453 e. The van der Waals surface area contributed by atoms with Crippen LogP contribution in [0.2, 0.25) is 0 Å². The second-order valence-corrected chi connectivity index (χ2v) is 2.93. The van der Waals surface area contributed by atoms with E-state index in [1.165, 1.54) is 7.11 Å². The molecular weight excluding hydrogens is 158 g/mol. The topological polar surface area (TPSA) is 55.4 Å². The fourth-order valence-corrected chi connectivity index (χ4v) is 1.38. The van der Waals surface area contributed by atoms with Crippen LogP contribution in [-0.2, 0) is 9.53 Å². The van der Waals surface area contributed by atoms with Crippen molar-refractivity contribution in [1.29, 1.82) is 0 Å². The summed E-state index contributed by atoms with van der Waals surface area (Å²) in [5.41, 5.74) is 0. The Morgan fingerprint density at radius 3 is 3.00 bits per heavy atom. The number of Topliss-reactive ketones (excluding diaryl/α,β-unsaturated/α-hetero) is 1. The van der Waals surface area contributed by atoms with Crippen molar-refractivity contribution in [2.24, 2.45) is 5.92 Å². The van der Waals surface area contributed by atoms with Gasteiger partial charge < -0.3 is 10.1 Å². The zero-order chi connectivity index (χ0) is 8.97. The van der Waals surface area contributed by atoms with Crippen molar-refractivity contribution in [2.45, 2.75) is 19.3 Å². The van der Waals surface area contributed by atoms with Crippen LogP contribution in [0.15, 0.2) is 0 Å². The summed E-state index contributed by atoms with van der Waals surface area (Å²) in [7, 11) is 1.31. The van der Waals surface area contributed by atoms with Gasteiger partial charge in [-0.05, 0) is 12.8 Å². The molecule has 4 nitrogen and oxygen atoms in total. The molecule has 1 fully saturated rings. The van der Waals surface area contributed by atoms with Gasteiger partial charge in [0.2, 0.25) is 0 Å². The molecule has 0 saturated heterocycles. The Hall–Kier alpha value is -1.06. The Morgan fingerprint density at radius 1 is 1.75 bits per heavy atom. The quantitative estimate of drug-likeness (QED) is 0.665. The zero-order valence-electron chi connectivity index (χ0n) is 7.13. The number of rotatable bonds is 2. The van der Waals surface area contributed by atoms with Crippen LogP contribution in [0.1, 0.15) is 19.3 Å². The number of methoxy groups -OCH3 is 1. The van der Waals surface area contributed by atoms with Crippen LogP contribution >= 0.6 is 0 Å². The number of carbonyl (C=O) groups excluding carboxylic acids is 2. The van der Waals surface area contributed by atoms with Crippen LogP contribution in [0.5, 0.6) is 0 Å². The molecule has 12 heavy (non-hydrogen) atoms. The van der Waals surface area contributed by atoms with Gasteiger partial charge >= 0.3 is 6.09 Å². The van der Waals surface area contributed by atoms with E-state index in [-0.39, 0.29) is 11.7 Å². The lowest BCUT2D eigenvalue weighted by Gasteiger charge is -2.07. The molecule has 0 aromatic carbocycles. The normalized spacial score (nSPS) is 22.4. The molecule has 1 amide bonds. The molecule has 1 saturated carbocycles. The molecule has 1 N–H and O–H groups in total. The van der Waals surface area contributed by atoms with Crippen molar-refractivity contribution in [3.05, 3.63) is 0 Å². The number of hydrogen-bond acceptors (Lipinski definition) is 3. The van der Waals surface area contributed by atoms with Gasteiger partial charge in [-0.3, -0.25) is 4.79 Å². The molecule has 0 bridgehead atoms. The maximum atomic E-state index is 11.1. The van der Waals surface area contributed by atoms with E-state index in [4.69, 9.17) is 0 Å². The van der Waals surface area contributed by atoms with Crippen molar-refractivity contribution in [3.63, 3.8) is 0 Å². The molecule has 4 heteroatoms. The van der Waals surface area contributed by atoms with E-state index in [9.17, 15) is 9.59 Å². The van der Waals surface area contributed by atoms with Crippen molar-refractivity contribution < 1.29 is 14.3 Å². The number of hydrogen-bond donors (Lipinski definition) is 1. The van der Waals surface area contributed by atoms with Gasteiger partial charge in [0.15, 0.2) is 0 Å². The minimum Gasteiger partial charge on any atom is -0.453 e. The molecule has 0 radical (unpaired) electrons. The SMILES string of the molecule is COC(=O)NCC1CCCC1=O. The predicted molar refractivity (Wildman–Crippen MR) is 42.8 cm³/mol. The van der Waals surface area contributed by atoms with Crippen LogP contribution < -0.4 is 5.32 Å². The Kier molecular flexibility index (Phi) is 3.08. The third kappa shape index (κ3) is 2.22. The van der Waals surface area contributed by atoms with Gasteiger partial charge in [0.05, 0.1) is 7.11 Å². The van der Waals surface area contributed by atoms with E-state index in [1.807, 2.05) is 0 Å². The number of alkyl carbamates (subject to hydrolysis) is 1. The number of nitrogens with one attached hydrogen (secondary N) is 1. The van der Waals surface area contributed by atoms with Gasteiger partial charge in [0, 0.05) is 18.9 Å². The van der Waals surface area contributed by atoms with Gasteiger partial charge in [-0.1, -0.05) is 0 Å². The predicted octanol–water partition coefficient (Wildman–Crippen LogP) is 0.712. The minimum absolute atomic E-state index is 0.0177. The van der Waals surface area contributed by atoms with Crippen LogP contribution in [-0.4, -0.2) is 25.5 Å². The first-order valence-electron chi connectivity index (χ1n) is 4.08. The maximum Gasteiger partial charge on any atom is 0.406 e. The monoisotopic (exact) mass is 171 g/mol. The summed E-state index contributed by atoms with van der Waals surface area (Å²) in [5.74, 6) is 0.274. The van der Waals surface area contributed by atoms with Gasteiger partial charge in [-0.25, -0.2) is 4.79 Å². The molecule has 0 aromatic heterocycles. The Morgan fingerprint density at radius 2 is 2.50 bits per heavy atom. The second kappa shape index (κ2) is 4.09. The highest BCUT2D eigenvalue weighted by Gasteiger charge is 2.24. The molecule has 1 unspecified atom stereocenters. The summed E-state index contributed by atoms with van der Waals surface area (Å²) in [6.45, 7) is 0.422. The third-order valence-corrected chi connectivity index (χ3v) is 2.11. The lowest BCUT2D eigenvalue weighted by Crippen LogP contribution is -2.30. The minimum atomic E-state index is -0.463. The van der Waals surface area contributed by atoms with E-state index in [0.717, 1.165) is 12.8 Å². The van der Waals surface area contributed by atoms with Crippen LogP contribution in [0.3, 0.4) is 0 Å². The molecule has 0 spiro atoms. The lowest BCUT2D eigenvalue weighted by molar-refractivity contribution is -0.120. The van der Waals surface area contributed by atoms with E-state index >= 15 is 0 Å². The first-order valence-corrected chi connectivity index (χ1v) is 4.08. The van der Waals surface area contributed by atoms with Crippen LogP contribution in [0.25, 0.3) is 0 Å². The van der Waals surface area contributed by atoms with Gasteiger partial charge in [-0.15, -0.1) is 0 Å². The van der Waals surface area contributed by atoms with E-state index < -0.39 is 6.09 Å².